The number of aliphatic hydroxyl groups is 1. The topological polar surface area (TPSA) is 62.2 Å². The van der Waals surface area contributed by atoms with Crippen LogP contribution in [0.1, 0.15) is 44.3 Å². The van der Waals surface area contributed by atoms with Gasteiger partial charge in [-0.3, -0.25) is 4.79 Å². The van der Waals surface area contributed by atoms with Crippen molar-refractivity contribution in [3.05, 3.63) is 16.1 Å². The van der Waals surface area contributed by atoms with Gasteiger partial charge in [0.05, 0.1) is 23.2 Å². The Labute approximate surface area is 119 Å². The zero-order chi connectivity index (χ0) is 14.3. The maximum atomic E-state index is 11.8. The lowest BCUT2D eigenvalue weighted by Gasteiger charge is -2.20. The molecule has 1 aromatic heterocycles. The number of carbonyl (C=O) groups excluding carboxylic acids is 1. The molecule has 1 heterocycles. The van der Waals surface area contributed by atoms with Gasteiger partial charge in [-0.2, -0.15) is 0 Å². The molecule has 0 aliphatic heterocycles. The van der Waals surface area contributed by atoms with Crippen molar-refractivity contribution in [1.29, 1.82) is 0 Å². The summed E-state index contributed by atoms with van der Waals surface area (Å²) in [6.07, 6.45) is 2.60. The average Bonchev–Trinajstić information content (AvgIpc) is 2.85. The Hall–Kier alpha value is -0.940. The molecular weight excluding hydrogens is 260 g/mol. The number of thiazole rings is 1. The lowest BCUT2D eigenvalue weighted by atomic mass is 9.96. The minimum atomic E-state index is -0.458. The van der Waals surface area contributed by atoms with Crippen molar-refractivity contribution in [2.75, 3.05) is 6.54 Å². The highest BCUT2D eigenvalue weighted by molar-refractivity contribution is 7.09. The normalized spacial score (nSPS) is 12.7. The first-order valence-electron chi connectivity index (χ1n) is 6.98. The van der Waals surface area contributed by atoms with Crippen LogP contribution >= 0.6 is 11.3 Å². The number of rotatable bonds is 8. The van der Waals surface area contributed by atoms with Gasteiger partial charge >= 0.3 is 0 Å². The minimum Gasteiger partial charge on any atom is -0.391 e. The number of carbonyl (C=O) groups is 1. The third kappa shape index (κ3) is 5.28. The standard InChI is InChI=1S/C14H24N2O2S/c1-4-10(5-2)12(17)8-15-13(18)7-11-9-19-14(6-3)16-11/h9-10,12,17H,4-8H2,1-3H3,(H,15,18). The third-order valence-corrected chi connectivity index (χ3v) is 4.39. The number of hydrogen-bond donors (Lipinski definition) is 2. The molecule has 4 nitrogen and oxygen atoms in total. The fourth-order valence-corrected chi connectivity index (χ4v) is 2.78. The Morgan fingerprint density at radius 2 is 2.11 bits per heavy atom. The molecule has 0 saturated carbocycles. The lowest BCUT2D eigenvalue weighted by Crippen LogP contribution is -2.36. The summed E-state index contributed by atoms with van der Waals surface area (Å²) in [5, 5.41) is 15.7. The predicted octanol–water partition coefficient (Wildman–Crippen LogP) is 2.16. The van der Waals surface area contributed by atoms with Crippen LogP contribution in [0, 0.1) is 5.92 Å². The highest BCUT2D eigenvalue weighted by Crippen LogP contribution is 2.13. The number of aromatic nitrogens is 1. The molecule has 0 bridgehead atoms. The summed E-state index contributed by atoms with van der Waals surface area (Å²) in [5.74, 6) is 0.184. The zero-order valence-corrected chi connectivity index (χ0v) is 12.8. The predicted molar refractivity (Wildman–Crippen MR) is 78.3 cm³/mol. The molecule has 1 unspecified atom stereocenters. The van der Waals surface area contributed by atoms with Crippen molar-refractivity contribution in [3.63, 3.8) is 0 Å². The molecule has 0 radical (unpaired) electrons. The van der Waals surface area contributed by atoms with Crippen LogP contribution < -0.4 is 5.32 Å². The molecule has 0 saturated heterocycles. The summed E-state index contributed by atoms with van der Waals surface area (Å²) in [7, 11) is 0. The number of nitrogens with zero attached hydrogens (tertiary/aromatic N) is 1. The Kier molecular flexibility index (Phi) is 7.02. The summed E-state index contributed by atoms with van der Waals surface area (Å²) >= 11 is 1.59. The lowest BCUT2D eigenvalue weighted by molar-refractivity contribution is -0.121. The van der Waals surface area contributed by atoms with E-state index in [1.54, 1.807) is 11.3 Å². The van der Waals surface area contributed by atoms with Crippen molar-refractivity contribution in [1.82, 2.24) is 10.3 Å². The first-order chi connectivity index (χ1) is 9.10. The molecule has 1 amide bonds. The molecule has 2 N–H and O–H groups in total. The second-order valence-electron chi connectivity index (χ2n) is 4.71. The van der Waals surface area contributed by atoms with Gasteiger partial charge in [0.1, 0.15) is 0 Å². The summed E-state index contributed by atoms with van der Waals surface area (Å²) < 4.78 is 0. The number of aryl methyl sites for hydroxylation is 1. The van der Waals surface area contributed by atoms with Gasteiger partial charge in [0, 0.05) is 11.9 Å². The molecule has 19 heavy (non-hydrogen) atoms. The van der Waals surface area contributed by atoms with Crippen molar-refractivity contribution in [3.8, 4) is 0 Å². The van der Waals surface area contributed by atoms with E-state index >= 15 is 0 Å². The molecule has 0 aromatic carbocycles. The van der Waals surface area contributed by atoms with E-state index in [9.17, 15) is 9.90 Å². The summed E-state index contributed by atoms with van der Waals surface area (Å²) in [4.78, 5) is 16.1. The van der Waals surface area contributed by atoms with Crippen LogP contribution in [0.5, 0.6) is 0 Å². The van der Waals surface area contributed by atoms with E-state index < -0.39 is 6.10 Å². The van der Waals surface area contributed by atoms with Crippen LogP contribution in [-0.4, -0.2) is 28.6 Å². The van der Waals surface area contributed by atoms with E-state index in [0.717, 1.165) is 30.0 Å². The van der Waals surface area contributed by atoms with Gasteiger partial charge in [0.25, 0.3) is 0 Å². The molecule has 108 valence electrons. The maximum Gasteiger partial charge on any atom is 0.226 e. The summed E-state index contributed by atoms with van der Waals surface area (Å²) in [6.45, 7) is 6.49. The van der Waals surface area contributed by atoms with E-state index in [2.05, 4.69) is 31.1 Å². The third-order valence-electron chi connectivity index (χ3n) is 3.34. The minimum absolute atomic E-state index is 0.0713. The highest BCUT2D eigenvalue weighted by atomic mass is 32.1. The summed E-state index contributed by atoms with van der Waals surface area (Å²) in [5.41, 5.74) is 0.816. The van der Waals surface area contributed by atoms with Gasteiger partial charge < -0.3 is 10.4 Å². The molecule has 5 heteroatoms. The Bertz CT molecular complexity index is 389. The molecule has 1 rings (SSSR count). The van der Waals surface area contributed by atoms with Gasteiger partial charge in [0.2, 0.25) is 5.91 Å². The van der Waals surface area contributed by atoms with Gasteiger partial charge in [-0.25, -0.2) is 4.98 Å². The van der Waals surface area contributed by atoms with Crippen molar-refractivity contribution in [2.24, 2.45) is 5.92 Å². The van der Waals surface area contributed by atoms with Crippen LogP contribution in [0.25, 0.3) is 0 Å². The van der Waals surface area contributed by atoms with Crippen LogP contribution in [0.15, 0.2) is 5.38 Å². The fraction of sp³-hybridized carbons (Fsp3) is 0.714. The zero-order valence-electron chi connectivity index (χ0n) is 12.0. The first-order valence-corrected chi connectivity index (χ1v) is 7.86. The molecule has 0 aliphatic carbocycles. The fourth-order valence-electron chi connectivity index (χ4n) is 2.04. The Morgan fingerprint density at radius 3 is 2.63 bits per heavy atom. The Morgan fingerprint density at radius 1 is 1.42 bits per heavy atom. The molecular formula is C14H24N2O2S. The van der Waals surface area contributed by atoms with Crippen molar-refractivity contribution in [2.45, 2.75) is 52.6 Å². The molecule has 1 atom stereocenters. The molecule has 0 spiro atoms. The van der Waals surface area contributed by atoms with Crippen LogP contribution in [0.3, 0.4) is 0 Å². The number of hydrogen-bond acceptors (Lipinski definition) is 4. The van der Waals surface area contributed by atoms with Crippen molar-refractivity contribution < 1.29 is 9.90 Å². The number of nitrogens with one attached hydrogen (secondary N) is 1. The molecule has 1 aromatic rings. The number of amides is 1. The van der Waals surface area contributed by atoms with Crippen LogP contribution in [0.4, 0.5) is 0 Å². The first kappa shape index (κ1) is 16.1. The second kappa shape index (κ2) is 8.27. The molecule has 0 aliphatic rings. The summed E-state index contributed by atoms with van der Waals surface area (Å²) in [6, 6.07) is 0. The van der Waals surface area contributed by atoms with E-state index in [1.807, 2.05) is 5.38 Å². The van der Waals surface area contributed by atoms with Gasteiger partial charge in [-0.15, -0.1) is 11.3 Å². The van der Waals surface area contributed by atoms with Gasteiger partial charge in [-0.05, 0) is 12.3 Å². The van der Waals surface area contributed by atoms with E-state index in [0.29, 0.717) is 13.0 Å². The van der Waals surface area contributed by atoms with Crippen LogP contribution in [0.2, 0.25) is 0 Å². The van der Waals surface area contributed by atoms with Crippen LogP contribution in [-0.2, 0) is 17.6 Å². The second-order valence-corrected chi connectivity index (χ2v) is 5.65. The Balaban J connectivity index is 2.35. The molecule has 0 fully saturated rings. The van der Waals surface area contributed by atoms with E-state index in [-0.39, 0.29) is 11.8 Å². The maximum absolute atomic E-state index is 11.8. The smallest absolute Gasteiger partial charge is 0.226 e. The average molecular weight is 284 g/mol. The number of aliphatic hydroxyl groups excluding tert-OH is 1. The van der Waals surface area contributed by atoms with Gasteiger partial charge in [0.15, 0.2) is 0 Å². The monoisotopic (exact) mass is 284 g/mol. The largest absolute Gasteiger partial charge is 0.391 e. The highest BCUT2D eigenvalue weighted by Gasteiger charge is 2.16. The van der Waals surface area contributed by atoms with E-state index in [1.165, 1.54) is 0 Å². The van der Waals surface area contributed by atoms with Gasteiger partial charge in [-0.1, -0.05) is 33.6 Å². The van der Waals surface area contributed by atoms with Crippen molar-refractivity contribution >= 4 is 17.2 Å². The quantitative estimate of drug-likeness (QED) is 0.769. The van der Waals surface area contributed by atoms with E-state index in [4.69, 9.17) is 0 Å². The SMILES string of the molecule is CCc1nc(CC(=O)NCC(O)C(CC)CC)cs1.